The Morgan fingerprint density at radius 3 is 1.89 bits per heavy atom. The van der Waals surface area contributed by atoms with E-state index in [0.29, 0.717) is 0 Å². The molecule has 9 heavy (non-hydrogen) atoms. The van der Waals surface area contributed by atoms with Gasteiger partial charge in [0.1, 0.15) is 0 Å². The molecule has 0 aromatic heterocycles. The Hall–Kier alpha value is -0.570. The lowest BCUT2D eigenvalue weighted by atomic mass is 9.87. The lowest BCUT2D eigenvalue weighted by molar-refractivity contribution is -0.121. The van der Waals surface area contributed by atoms with Crippen molar-refractivity contribution >= 4 is 5.91 Å². The minimum Gasteiger partial charge on any atom is -0.319 e. The van der Waals surface area contributed by atoms with Crippen LogP contribution in [0.1, 0.15) is 20.8 Å². The Morgan fingerprint density at radius 2 is 1.89 bits per heavy atom. The number of nitrogens with two attached hydrogens (primary N) is 1. The molecule has 0 saturated heterocycles. The molecule has 1 radical (unpaired) electrons. The zero-order valence-electron chi connectivity index (χ0n) is 6.06. The topological polar surface area (TPSA) is 66.9 Å². The lowest BCUT2D eigenvalue weighted by Crippen LogP contribution is -2.42. The molecule has 0 aliphatic heterocycles. The number of hydrogen-bond acceptors (Lipinski definition) is 2. The van der Waals surface area contributed by atoms with Gasteiger partial charge in [0, 0.05) is 0 Å². The van der Waals surface area contributed by atoms with Crippen molar-refractivity contribution in [2.24, 2.45) is 11.1 Å². The van der Waals surface area contributed by atoms with Gasteiger partial charge in [0.15, 0.2) is 0 Å². The largest absolute Gasteiger partial charge is 0.319 e. The Morgan fingerprint density at radius 1 is 1.56 bits per heavy atom. The van der Waals surface area contributed by atoms with Gasteiger partial charge in [0.2, 0.25) is 0 Å². The first-order valence-electron chi connectivity index (χ1n) is 2.86. The summed E-state index contributed by atoms with van der Waals surface area (Å²) in [6.07, 6.45) is 0. The van der Waals surface area contributed by atoms with Crippen molar-refractivity contribution in [3.8, 4) is 0 Å². The van der Waals surface area contributed by atoms with Crippen LogP contribution >= 0.6 is 0 Å². The summed E-state index contributed by atoms with van der Waals surface area (Å²) in [6.45, 7) is 5.51. The van der Waals surface area contributed by atoms with E-state index in [2.05, 4.69) is 0 Å². The number of hydrogen-bond donors (Lipinski definition) is 1. The minimum atomic E-state index is -0.692. The van der Waals surface area contributed by atoms with Gasteiger partial charge in [-0.1, -0.05) is 20.8 Å². The quantitative estimate of drug-likeness (QED) is 0.548. The average Bonchev–Trinajstić information content (AvgIpc) is 1.62. The Bertz CT molecular complexity index is 115. The molecule has 1 amide bonds. The van der Waals surface area contributed by atoms with Crippen LogP contribution in [-0.2, 0) is 4.79 Å². The highest BCUT2D eigenvalue weighted by Crippen LogP contribution is 2.16. The molecule has 0 bridgehead atoms. The molecular weight excluding hydrogens is 116 g/mol. The van der Waals surface area contributed by atoms with E-state index in [-0.39, 0.29) is 5.41 Å². The van der Waals surface area contributed by atoms with Crippen LogP contribution in [0.15, 0.2) is 0 Å². The summed E-state index contributed by atoms with van der Waals surface area (Å²) in [5.41, 5.74) is 11.8. The number of carbonyl (C=O) groups is 1. The normalized spacial score (nSPS) is 15.1. The maximum atomic E-state index is 10.3. The molecule has 0 heterocycles. The summed E-state index contributed by atoms with van der Waals surface area (Å²) >= 11 is 0. The second-order valence-corrected chi connectivity index (χ2v) is 3.21. The smallest absolute Gasteiger partial charge is 0.255 e. The molecule has 0 aromatic rings. The van der Waals surface area contributed by atoms with Crippen molar-refractivity contribution in [3.63, 3.8) is 0 Å². The SMILES string of the molecule is CC(C)(C)[C@H](N)C([NH])=O. The average molecular weight is 129 g/mol. The predicted molar refractivity (Wildman–Crippen MR) is 35.5 cm³/mol. The van der Waals surface area contributed by atoms with E-state index in [1.54, 1.807) is 0 Å². The second kappa shape index (κ2) is 2.35. The zero-order valence-corrected chi connectivity index (χ0v) is 6.06. The molecule has 0 unspecified atom stereocenters. The molecule has 53 valence electrons. The van der Waals surface area contributed by atoms with Gasteiger partial charge in [-0.3, -0.25) is 10.5 Å². The molecule has 0 fully saturated rings. The lowest BCUT2D eigenvalue weighted by Gasteiger charge is -2.22. The third kappa shape index (κ3) is 2.46. The van der Waals surface area contributed by atoms with Crippen LogP contribution < -0.4 is 11.5 Å². The summed E-state index contributed by atoms with van der Waals surface area (Å²) in [5, 5.41) is 0. The molecule has 3 nitrogen and oxygen atoms in total. The van der Waals surface area contributed by atoms with Crippen molar-refractivity contribution in [3.05, 3.63) is 0 Å². The van der Waals surface area contributed by atoms with Crippen molar-refractivity contribution in [2.45, 2.75) is 26.8 Å². The summed E-state index contributed by atoms with van der Waals surface area (Å²) in [7, 11) is 0. The van der Waals surface area contributed by atoms with Gasteiger partial charge in [-0.25, -0.2) is 0 Å². The van der Waals surface area contributed by atoms with Gasteiger partial charge in [-0.15, -0.1) is 0 Å². The van der Waals surface area contributed by atoms with Gasteiger partial charge in [-0.05, 0) is 5.41 Å². The highest BCUT2D eigenvalue weighted by Gasteiger charge is 2.25. The molecule has 3 heteroatoms. The van der Waals surface area contributed by atoms with Crippen LogP contribution in [0.5, 0.6) is 0 Å². The predicted octanol–water partition coefficient (Wildman–Crippen LogP) is 0.169. The fraction of sp³-hybridized carbons (Fsp3) is 0.833. The van der Waals surface area contributed by atoms with Crippen LogP contribution in [0.3, 0.4) is 0 Å². The van der Waals surface area contributed by atoms with Gasteiger partial charge in [0.25, 0.3) is 5.91 Å². The van der Waals surface area contributed by atoms with E-state index in [1.807, 2.05) is 20.8 Å². The summed E-state index contributed by atoms with van der Waals surface area (Å²) in [5.74, 6) is -0.692. The monoisotopic (exact) mass is 129 g/mol. The summed E-state index contributed by atoms with van der Waals surface area (Å²) < 4.78 is 0. The number of rotatable bonds is 1. The van der Waals surface area contributed by atoms with E-state index >= 15 is 0 Å². The van der Waals surface area contributed by atoms with Crippen LogP contribution in [0.4, 0.5) is 0 Å². The molecule has 0 rings (SSSR count). The van der Waals surface area contributed by atoms with E-state index in [4.69, 9.17) is 11.5 Å². The number of carbonyl (C=O) groups excluding carboxylic acids is 1. The fourth-order valence-corrected chi connectivity index (χ4v) is 0.393. The van der Waals surface area contributed by atoms with Gasteiger partial charge in [-0.2, -0.15) is 0 Å². The van der Waals surface area contributed by atoms with Crippen molar-refractivity contribution in [2.75, 3.05) is 0 Å². The van der Waals surface area contributed by atoms with E-state index < -0.39 is 11.9 Å². The number of amides is 1. The molecule has 0 saturated carbocycles. The van der Waals surface area contributed by atoms with Gasteiger partial charge < -0.3 is 5.73 Å². The van der Waals surface area contributed by atoms with Gasteiger partial charge >= 0.3 is 0 Å². The fourth-order valence-electron chi connectivity index (χ4n) is 0.393. The first-order chi connectivity index (χ1) is 3.85. The Kier molecular flexibility index (Phi) is 2.20. The maximum absolute atomic E-state index is 10.3. The minimum absolute atomic E-state index is 0.279. The maximum Gasteiger partial charge on any atom is 0.255 e. The van der Waals surface area contributed by atoms with Crippen molar-refractivity contribution < 1.29 is 4.79 Å². The van der Waals surface area contributed by atoms with Crippen molar-refractivity contribution in [1.82, 2.24) is 5.73 Å². The number of nitrogens with one attached hydrogen (secondary N) is 1. The standard InChI is InChI=1S/C6H13N2O/c1-6(2,3)4(7)5(8)9/h4,8H,7H2,1-3H3/t4-/m1/s1. The Labute approximate surface area is 55.4 Å². The molecule has 0 spiro atoms. The third-order valence-electron chi connectivity index (χ3n) is 1.22. The van der Waals surface area contributed by atoms with Crippen molar-refractivity contribution in [1.29, 1.82) is 0 Å². The van der Waals surface area contributed by atoms with Crippen LogP contribution in [0, 0.1) is 5.41 Å². The Balaban J connectivity index is 4.04. The summed E-state index contributed by atoms with van der Waals surface area (Å²) in [4.78, 5) is 10.3. The van der Waals surface area contributed by atoms with Crippen LogP contribution in [-0.4, -0.2) is 11.9 Å². The molecule has 0 aromatic carbocycles. The summed E-state index contributed by atoms with van der Waals surface area (Å²) in [6, 6.07) is -0.655. The van der Waals surface area contributed by atoms with E-state index in [1.165, 1.54) is 0 Å². The molecular formula is C6H13N2O. The first kappa shape index (κ1) is 8.43. The third-order valence-corrected chi connectivity index (χ3v) is 1.22. The first-order valence-corrected chi connectivity index (χ1v) is 2.86. The molecule has 1 atom stereocenters. The second-order valence-electron chi connectivity index (χ2n) is 3.21. The van der Waals surface area contributed by atoms with E-state index in [9.17, 15) is 4.79 Å². The van der Waals surface area contributed by atoms with Crippen LogP contribution in [0.2, 0.25) is 0 Å². The van der Waals surface area contributed by atoms with Gasteiger partial charge in [0.05, 0.1) is 6.04 Å². The molecule has 0 aliphatic carbocycles. The zero-order chi connectivity index (χ0) is 7.65. The van der Waals surface area contributed by atoms with Crippen LogP contribution in [0.25, 0.3) is 0 Å². The van der Waals surface area contributed by atoms with E-state index in [0.717, 1.165) is 0 Å². The highest BCUT2D eigenvalue weighted by molar-refractivity contribution is 5.79. The molecule has 0 aliphatic rings. The highest BCUT2D eigenvalue weighted by atomic mass is 16.1. The molecule has 3 N–H and O–H groups in total.